The van der Waals surface area contributed by atoms with Crippen LogP contribution in [-0.2, 0) is 14.3 Å². The summed E-state index contributed by atoms with van der Waals surface area (Å²) in [5.74, 6) is 4.99. The summed E-state index contributed by atoms with van der Waals surface area (Å²) < 4.78 is 6.10. The summed E-state index contributed by atoms with van der Waals surface area (Å²) >= 11 is 0. The fourth-order valence-corrected chi connectivity index (χ4v) is 8.73. The van der Waals surface area contributed by atoms with Gasteiger partial charge in [-0.25, -0.2) is 4.79 Å². The van der Waals surface area contributed by atoms with Crippen LogP contribution in [0.15, 0.2) is 23.8 Å². The van der Waals surface area contributed by atoms with Gasteiger partial charge in [0.1, 0.15) is 5.60 Å². The minimum Gasteiger partial charge on any atom is -0.451 e. The lowest BCUT2D eigenvalue weighted by Crippen LogP contribution is -2.56. The highest BCUT2D eigenvalue weighted by molar-refractivity contribution is 5.91. The number of rotatable bonds is 1. The number of hydrogen-bond donors (Lipinski definition) is 0. The minimum atomic E-state index is -0.318. The van der Waals surface area contributed by atoms with Gasteiger partial charge in [0, 0.05) is 23.8 Å². The Morgan fingerprint density at radius 1 is 1.22 bits per heavy atom. The molecular formula is C24H30O3. The number of carbonyl (C=O) groups excluding carboxylic acids is 2. The molecule has 1 heterocycles. The van der Waals surface area contributed by atoms with Crippen molar-refractivity contribution in [3.63, 3.8) is 0 Å². The molecule has 0 aromatic carbocycles. The van der Waals surface area contributed by atoms with Gasteiger partial charge in [-0.3, -0.25) is 4.79 Å². The van der Waals surface area contributed by atoms with Crippen molar-refractivity contribution in [2.24, 2.45) is 46.8 Å². The average molecular weight is 367 g/mol. The van der Waals surface area contributed by atoms with E-state index in [9.17, 15) is 9.59 Å². The molecule has 0 radical (unpaired) electrons. The summed E-state index contributed by atoms with van der Waals surface area (Å²) in [6.45, 7) is 4.77. The zero-order valence-corrected chi connectivity index (χ0v) is 16.4. The van der Waals surface area contributed by atoms with Crippen molar-refractivity contribution in [2.45, 2.75) is 64.4 Å². The van der Waals surface area contributed by atoms with Gasteiger partial charge in [-0.2, -0.15) is 0 Å². The molecule has 3 nitrogen and oxygen atoms in total. The van der Waals surface area contributed by atoms with E-state index in [4.69, 9.17) is 4.74 Å². The number of carbonyl (C=O) groups is 2. The molecule has 9 atom stereocenters. The van der Waals surface area contributed by atoms with Crippen LogP contribution in [0.25, 0.3) is 0 Å². The molecule has 3 unspecified atom stereocenters. The Bertz CT molecular complexity index is 793. The highest BCUT2D eigenvalue weighted by atomic mass is 16.6. The maximum Gasteiger partial charge on any atom is 0.331 e. The van der Waals surface area contributed by atoms with E-state index in [1.807, 2.05) is 6.08 Å². The van der Waals surface area contributed by atoms with E-state index in [1.54, 1.807) is 6.08 Å². The largest absolute Gasteiger partial charge is 0.451 e. The van der Waals surface area contributed by atoms with Gasteiger partial charge in [0.25, 0.3) is 0 Å². The van der Waals surface area contributed by atoms with E-state index in [-0.39, 0.29) is 17.0 Å². The van der Waals surface area contributed by atoms with E-state index < -0.39 is 0 Å². The molecule has 0 aromatic heterocycles. The zero-order chi connectivity index (χ0) is 18.6. The molecule has 5 aliphatic carbocycles. The average Bonchev–Trinajstić information content (AvgIpc) is 3.29. The van der Waals surface area contributed by atoms with E-state index in [0.29, 0.717) is 29.5 Å². The second-order valence-corrected chi connectivity index (χ2v) is 10.5. The smallest absolute Gasteiger partial charge is 0.331 e. The molecule has 4 saturated carbocycles. The topological polar surface area (TPSA) is 43.4 Å². The van der Waals surface area contributed by atoms with Gasteiger partial charge in [-0.1, -0.05) is 25.8 Å². The third kappa shape index (κ3) is 1.89. The zero-order valence-electron chi connectivity index (χ0n) is 16.4. The van der Waals surface area contributed by atoms with Crippen LogP contribution in [-0.4, -0.2) is 17.4 Å². The van der Waals surface area contributed by atoms with Crippen LogP contribution in [0.5, 0.6) is 0 Å². The summed E-state index contributed by atoms with van der Waals surface area (Å²) in [6, 6.07) is 0. The fourth-order valence-electron chi connectivity index (χ4n) is 8.73. The molecule has 4 fully saturated rings. The van der Waals surface area contributed by atoms with Crippen molar-refractivity contribution in [3.8, 4) is 0 Å². The Morgan fingerprint density at radius 2 is 2.07 bits per heavy atom. The van der Waals surface area contributed by atoms with Crippen LogP contribution in [0.4, 0.5) is 0 Å². The van der Waals surface area contributed by atoms with Crippen LogP contribution in [0, 0.1) is 46.8 Å². The molecule has 3 heteroatoms. The molecule has 27 heavy (non-hydrogen) atoms. The molecule has 6 aliphatic rings. The van der Waals surface area contributed by atoms with Crippen molar-refractivity contribution < 1.29 is 14.3 Å². The SMILES string of the molecule is CC[C@H]1CC2=CC(=O)CC[C@@H]2C2CC[C@@]3(C)C(C21)[C@@H]1C[C@@H]1[C@@]31C=CC(=O)O1. The number of ether oxygens (including phenoxy) is 1. The van der Waals surface area contributed by atoms with E-state index >= 15 is 0 Å². The van der Waals surface area contributed by atoms with Crippen LogP contribution in [0.3, 0.4) is 0 Å². The Hall–Kier alpha value is -1.38. The van der Waals surface area contributed by atoms with Crippen LogP contribution in [0.1, 0.15) is 58.8 Å². The second kappa shape index (κ2) is 5.15. The quantitative estimate of drug-likeness (QED) is 0.643. The number of hydrogen-bond acceptors (Lipinski definition) is 3. The van der Waals surface area contributed by atoms with Crippen molar-refractivity contribution >= 4 is 11.8 Å². The van der Waals surface area contributed by atoms with E-state index in [1.165, 1.54) is 24.8 Å². The molecule has 0 saturated heterocycles. The summed E-state index contributed by atoms with van der Waals surface area (Å²) in [4.78, 5) is 24.1. The Balaban J connectivity index is 1.42. The maximum atomic E-state index is 12.1. The Kier molecular flexibility index (Phi) is 3.16. The highest BCUT2D eigenvalue weighted by Crippen LogP contribution is 2.78. The summed E-state index contributed by atoms with van der Waals surface area (Å²) in [6.07, 6.45) is 13.6. The first-order chi connectivity index (χ1) is 13.0. The second-order valence-electron chi connectivity index (χ2n) is 10.5. The molecule has 144 valence electrons. The number of fused-ring (bicyclic) bond motifs is 9. The Morgan fingerprint density at radius 3 is 2.81 bits per heavy atom. The standard InChI is InChI=1S/C24H30O3/c1-3-13-10-14-11-15(25)4-5-16(14)17-6-8-23(2)22(21(13)17)18-12-19(18)24(23)9-7-20(26)27-24/h7,9,11,13,16-19,21-22H,3-6,8,10,12H2,1-2H3/t13-,16-,17?,18+,19-,21?,22?,23-,24-/m0/s1. The molecule has 0 N–H and O–H groups in total. The molecule has 0 aromatic rings. The Labute approximate surface area is 161 Å². The van der Waals surface area contributed by atoms with Crippen molar-refractivity contribution in [1.29, 1.82) is 0 Å². The van der Waals surface area contributed by atoms with Crippen molar-refractivity contribution in [2.75, 3.05) is 0 Å². The normalized spacial score (nSPS) is 54.7. The van der Waals surface area contributed by atoms with E-state index in [2.05, 4.69) is 19.9 Å². The van der Waals surface area contributed by atoms with Crippen LogP contribution >= 0.6 is 0 Å². The van der Waals surface area contributed by atoms with Crippen LogP contribution in [0.2, 0.25) is 0 Å². The first-order valence-electron chi connectivity index (χ1n) is 11.1. The van der Waals surface area contributed by atoms with Crippen molar-refractivity contribution in [1.82, 2.24) is 0 Å². The highest BCUT2D eigenvalue weighted by Gasteiger charge is 2.78. The fraction of sp³-hybridized carbons (Fsp3) is 0.750. The third-order valence-corrected chi connectivity index (χ3v) is 9.73. The first-order valence-corrected chi connectivity index (χ1v) is 11.1. The summed E-state index contributed by atoms with van der Waals surface area (Å²) in [5.41, 5.74) is 1.25. The van der Waals surface area contributed by atoms with Gasteiger partial charge in [0.15, 0.2) is 5.78 Å². The predicted molar refractivity (Wildman–Crippen MR) is 102 cm³/mol. The number of allylic oxidation sites excluding steroid dienone is 1. The number of esters is 1. The minimum absolute atomic E-state index is 0.101. The van der Waals surface area contributed by atoms with Gasteiger partial charge < -0.3 is 4.74 Å². The molecule has 0 amide bonds. The van der Waals surface area contributed by atoms with Gasteiger partial charge in [0.05, 0.1) is 0 Å². The lowest BCUT2D eigenvalue weighted by molar-refractivity contribution is -0.170. The summed E-state index contributed by atoms with van der Waals surface area (Å²) in [5, 5.41) is 0. The lowest BCUT2D eigenvalue weighted by Gasteiger charge is -2.59. The van der Waals surface area contributed by atoms with Gasteiger partial charge in [-0.05, 0) is 79.8 Å². The first kappa shape index (κ1) is 16.6. The lowest BCUT2D eigenvalue weighted by atomic mass is 9.46. The van der Waals surface area contributed by atoms with Crippen LogP contribution < -0.4 is 0 Å². The molecule has 1 spiro atoms. The van der Waals surface area contributed by atoms with E-state index in [0.717, 1.165) is 43.4 Å². The van der Waals surface area contributed by atoms with Crippen molar-refractivity contribution in [3.05, 3.63) is 23.8 Å². The van der Waals surface area contributed by atoms with Gasteiger partial charge in [0.2, 0.25) is 0 Å². The molecule has 1 aliphatic heterocycles. The van der Waals surface area contributed by atoms with Gasteiger partial charge in [-0.15, -0.1) is 0 Å². The monoisotopic (exact) mass is 366 g/mol. The maximum absolute atomic E-state index is 12.1. The summed E-state index contributed by atoms with van der Waals surface area (Å²) in [7, 11) is 0. The number of ketones is 1. The predicted octanol–water partition coefficient (Wildman–Crippen LogP) is 4.47. The molecular weight excluding hydrogens is 336 g/mol. The van der Waals surface area contributed by atoms with Gasteiger partial charge >= 0.3 is 5.97 Å². The molecule has 0 bridgehead atoms. The molecule has 6 rings (SSSR count). The third-order valence-electron chi connectivity index (χ3n) is 9.73.